The van der Waals surface area contributed by atoms with Crippen molar-refractivity contribution in [2.24, 2.45) is 0 Å². The zero-order valence-electron chi connectivity index (χ0n) is 9.33. The van der Waals surface area contributed by atoms with Gasteiger partial charge in [0.05, 0.1) is 12.8 Å². The molecule has 0 saturated carbocycles. The molecule has 6 nitrogen and oxygen atoms in total. The van der Waals surface area contributed by atoms with E-state index in [1.165, 1.54) is 17.3 Å². The number of carbonyl (C=O) groups is 1. The van der Waals surface area contributed by atoms with E-state index in [9.17, 15) is 4.79 Å². The van der Waals surface area contributed by atoms with Crippen LogP contribution in [0.4, 0.5) is 5.82 Å². The molecule has 0 aromatic carbocycles. The Bertz CT molecular complexity index is 510. The summed E-state index contributed by atoms with van der Waals surface area (Å²) in [5.74, 6) is 0.541. The number of carbonyl (C=O) groups excluding carboxylic acids is 1. The molecule has 0 aliphatic rings. The second-order valence-corrected chi connectivity index (χ2v) is 3.53. The van der Waals surface area contributed by atoms with E-state index in [1.54, 1.807) is 25.4 Å². The Kier molecular flexibility index (Phi) is 3.04. The van der Waals surface area contributed by atoms with Gasteiger partial charge in [-0.1, -0.05) is 0 Å². The molecule has 2 rings (SSSR count). The number of nitrogens with two attached hydrogens (primary N) is 1. The number of amides is 1. The maximum atomic E-state index is 12.0. The summed E-state index contributed by atoms with van der Waals surface area (Å²) in [4.78, 5) is 21.2. The zero-order chi connectivity index (χ0) is 12.3. The molecule has 0 atom stereocenters. The van der Waals surface area contributed by atoms with Gasteiger partial charge in [0, 0.05) is 19.4 Å². The molecular weight excluding hydrogens is 220 g/mol. The highest BCUT2D eigenvalue weighted by Crippen LogP contribution is 2.10. The standard InChI is InChI=1S/C11H12N4O2/c1-15(7-8-3-2-6-17-8)11(16)9-10(12)14-5-4-13-9/h2-6H,7H2,1H3,(H2,12,14). The lowest BCUT2D eigenvalue weighted by Crippen LogP contribution is -2.27. The third-order valence-corrected chi connectivity index (χ3v) is 2.25. The summed E-state index contributed by atoms with van der Waals surface area (Å²) in [5, 5.41) is 0. The molecule has 0 unspecified atom stereocenters. The summed E-state index contributed by atoms with van der Waals surface area (Å²) in [7, 11) is 1.65. The van der Waals surface area contributed by atoms with Crippen LogP contribution in [0, 0.1) is 0 Å². The maximum absolute atomic E-state index is 12.0. The number of hydrogen-bond acceptors (Lipinski definition) is 5. The van der Waals surface area contributed by atoms with Gasteiger partial charge < -0.3 is 15.1 Å². The molecule has 2 heterocycles. The lowest BCUT2D eigenvalue weighted by molar-refractivity contribution is 0.0770. The second-order valence-electron chi connectivity index (χ2n) is 3.53. The predicted molar refractivity (Wildman–Crippen MR) is 60.9 cm³/mol. The van der Waals surface area contributed by atoms with Crippen LogP contribution in [0.3, 0.4) is 0 Å². The molecule has 88 valence electrons. The third-order valence-electron chi connectivity index (χ3n) is 2.25. The molecule has 0 fully saturated rings. The molecule has 0 bridgehead atoms. The highest BCUT2D eigenvalue weighted by atomic mass is 16.3. The predicted octanol–water partition coefficient (Wildman–Crippen LogP) is 0.924. The molecule has 6 heteroatoms. The number of furan rings is 1. The minimum absolute atomic E-state index is 0.129. The normalized spacial score (nSPS) is 10.2. The van der Waals surface area contributed by atoms with Gasteiger partial charge in [0.1, 0.15) is 5.76 Å². The average molecular weight is 232 g/mol. The largest absolute Gasteiger partial charge is 0.467 e. The smallest absolute Gasteiger partial charge is 0.276 e. The van der Waals surface area contributed by atoms with Crippen LogP contribution in [0.5, 0.6) is 0 Å². The van der Waals surface area contributed by atoms with E-state index in [0.717, 1.165) is 0 Å². The fourth-order valence-corrected chi connectivity index (χ4v) is 1.40. The van der Waals surface area contributed by atoms with E-state index in [-0.39, 0.29) is 17.4 Å². The van der Waals surface area contributed by atoms with Gasteiger partial charge in [0.25, 0.3) is 5.91 Å². The molecule has 1 amide bonds. The highest BCUT2D eigenvalue weighted by Gasteiger charge is 2.17. The Morgan fingerprint density at radius 1 is 1.47 bits per heavy atom. The number of aromatic nitrogens is 2. The van der Waals surface area contributed by atoms with Gasteiger partial charge in [-0.25, -0.2) is 9.97 Å². The molecule has 2 N–H and O–H groups in total. The molecule has 0 saturated heterocycles. The molecule has 0 aliphatic carbocycles. The molecule has 17 heavy (non-hydrogen) atoms. The fraction of sp³-hybridized carbons (Fsp3) is 0.182. The van der Waals surface area contributed by atoms with Gasteiger partial charge in [-0.2, -0.15) is 0 Å². The summed E-state index contributed by atoms with van der Waals surface area (Å²) in [5.41, 5.74) is 5.74. The monoisotopic (exact) mass is 232 g/mol. The average Bonchev–Trinajstić information content (AvgIpc) is 2.81. The van der Waals surface area contributed by atoms with Crippen molar-refractivity contribution in [2.75, 3.05) is 12.8 Å². The van der Waals surface area contributed by atoms with Gasteiger partial charge in [-0.15, -0.1) is 0 Å². The van der Waals surface area contributed by atoms with Gasteiger partial charge >= 0.3 is 0 Å². The fourth-order valence-electron chi connectivity index (χ4n) is 1.40. The van der Waals surface area contributed by atoms with E-state index < -0.39 is 0 Å². The van der Waals surface area contributed by atoms with Crippen molar-refractivity contribution in [3.05, 3.63) is 42.2 Å². The summed E-state index contributed by atoms with van der Waals surface area (Å²) in [6.07, 6.45) is 4.44. The quantitative estimate of drug-likeness (QED) is 0.850. The Hall–Kier alpha value is -2.37. The van der Waals surface area contributed by atoms with E-state index in [2.05, 4.69) is 9.97 Å². The number of nitrogens with zero attached hydrogens (tertiary/aromatic N) is 3. The van der Waals surface area contributed by atoms with E-state index in [1.807, 2.05) is 0 Å². The van der Waals surface area contributed by atoms with Gasteiger partial charge in [0.15, 0.2) is 11.5 Å². The Balaban J connectivity index is 2.13. The lowest BCUT2D eigenvalue weighted by atomic mass is 10.3. The maximum Gasteiger partial charge on any atom is 0.276 e. The van der Waals surface area contributed by atoms with Crippen LogP contribution in [-0.4, -0.2) is 27.8 Å². The molecule has 0 aliphatic heterocycles. The Labute approximate surface area is 98.1 Å². The van der Waals surface area contributed by atoms with E-state index in [4.69, 9.17) is 10.2 Å². The topological polar surface area (TPSA) is 85.2 Å². The SMILES string of the molecule is CN(Cc1ccco1)C(=O)c1nccnc1N. The molecule has 0 radical (unpaired) electrons. The van der Waals surface area contributed by atoms with Crippen LogP contribution in [-0.2, 0) is 6.54 Å². The molecule has 0 spiro atoms. The minimum Gasteiger partial charge on any atom is -0.467 e. The first-order chi connectivity index (χ1) is 8.18. The summed E-state index contributed by atoms with van der Waals surface area (Å²) in [6, 6.07) is 3.56. The second kappa shape index (κ2) is 4.65. The lowest BCUT2D eigenvalue weighted by Gasteiger charge is -2.15. The number of rotatable bonds is 3. The van der Waals surface area contributed by atoms with Crippen molar-refractivity contribution in [2.45, 2.75) is 6.54 Å². The van der Waals surface area contributed by atoms with Crippen molar-refractivity contribution in [1.29, 1.82) is 0 Å². The first kappa shape index (κ1) is 11.1. The van der Waals surface area contributed by atoms with E-state index >= 15 is 0 Å². The Morgan fingerprint density at radius 2 is 2.24 bits per heavy atom. The van der Waals surface area contributed by atoms with Gasteiger partial charge in [-0.05, 0) is 12.1 Å². The van der Waals surface area contributed by atoms with Crippen molar-refractivity contribution in [3.63, 3.8) is 0 Å². The third kappa shape index (κ3) is 2.41. The van der Waals surface area contributed by atoms with Crippen molar-refractivity contribution in [3.8, 4) is 0 Å². The number of anilines is 1. The zero-order valence-corrected chi connectivity index (χ0v) is 9.33. The molecule has 2 aromatic rings. The highest BCUT2D eigenvalue weighted by molar-refractivity contribution is 5.95. The van der Waals surface area contributed by atoms with Crippen LogP contribution >= 0.6 is 0 Å². The Morgan fingerprint density at radius 3 is 2.88 bits per heavy atom. The first-order valence-electron chi connectivity index (χ1n) is 5.03. The molecule has 2 aromatic heterocycles. The number of hydrogen-bond donors (Lipinski definition) is 1. The first-order valence-corrected chi connectivity index (χ1v) is 5.03. The van der Waals surface area contributed by atoms with Gasteiger partial charge in [0.2, 0.25) is 0 Å². The summed E-state index contributed by atoms with van der Waals surface area (Å²) < 4.78 is 5.16. The van der Waals surface area contributed by atoms with Crippen LogP contribution in [0.2, 0.25) is 0 Å². The van der Waals surface area contributed by atoms with Crippen molar-refractivity contribution >= 4 is 11.7 Å². The van der Waals surface area contributed by atoms with E-state index in [0.29, 0.717) is 12.3 Å². The summed E-state index contributed by atoms with van der Waals surface area (Å²) >= 11 is 0. The minimum atomic E-state index is -0.285. The number of nitrogen functional groups attached to an aromatic ring is 1. The molecular formula is C11H12N4O2. The van der Waals surface area contributed by atoms with Crippen LogP contribution in [0.1, 0.15) is 16.2 Å². The van der Waals surface area contributed by atoms with Crippen LogP contribution < -0.4 is 5.73 Å². The van der Waals surface area contributed by atoms with Crippen molar-refractivity contribution < 1.29 is 9.21 Å². The van der Waals surface area contributed by atoms with Crippen LogP contribution in [0.25, 0.3) is 0 Å². The van der Waals surface area contributed by atoms with Crippen LogP contribution in [0.15, 0.2) is 35.2 Å². The summed E-state index contributed by atoms with van der Waals surface area (Å²) in [6.45, 7) is 0.363. The van der Waals surface area contributed by atoms with Gasteiger partial charge in [-0.3, -0.25) is 4.79 Å². The van der Waals surface area contributed by atoms with Crippen molar-refractivity contribution in [1.82, 2.24) is 14.9 Å².